The number of aromatic nitrogens is 1. The van der Waals surface area contributed by atoms with Crippen molar-refractivity contribution in [2.75, 3.05) is 13.7 Å². The summed E-state index contributed by atoms with van der Waals surface area (Å²) >= 11 is 1.60. The molecule has 2 rings (SSSR count). The van der Waals surface area contributed by atoms with Gasteiger partial charge in [0.25, 0.3) is 0 Å². The highest BCUT2D eigenvalue weighted by atomic mass is 32.1. The molecule has 1 aliphatic heterocycles. The SMILES string of the molecule is CCO[C@H](C)c1nc(CN(C)[C@H]2C[C@@H](C)OC2=O)cs1. The fourth-order valence-corrected chi connectivity index (χ4v) is 3.18. The number of hydrogen-bond donors (Lipinski definition) is 0. The largest absolute Gasteiger partial charge is 0.461 e. The van der Waals surface area contributed by atoms with E-state index in [1.54, 1.807) is 11.3 Å². The summed E-state index contributed by atoms with van der Waals surface area (Å²) in [5, 5.41) is 3.02. The van der Waals surface area contributed by atoms with Gasteiger partial charge in [-0.05, 0) is 27.8 Å². The van der Waals surface area contributed by atoms with Crippen molar-refractivity contribution in [1.29, 1.82) is 0 Å². The average Bonchev–Trinajstić information content (AvgIpc) is 2.96. The van der Waals surface area contributed by atoms with Gasteiger partial charge in [0.2, 0.25) is 0 Å². The first-order valence-electron chi connectivity index (χ1n) is 6.97. The summed E-state index contributed by atoms with van der Waals surface area (Å²) in [6, 6.07) is -0.153. The molecule has 0 saturated carbocycles. The van der Waals surface area contributed by atoms with Gasteiger partial charge in [0.15, 0.2) is 0 Å². The molecule has 1 saturated heterocycles. The standard InChI is InChI=1S/C14H22N2O3S/c1-5-18-10(3)13-15-11(8-20-13)7-16(4)12-6-9(2)19-14(12)17/h8-10,12H,5-7H2,1-4H3/t9-,10-,12+/m1/s1. The van der Waals surface area contributed by atoms with Crippen molar-refractivity contribution in [3.63, 3.8) is 0 Å². The van der Waals surface area contributed by atoms with Crippen molar-refractivity contribution < 1.29 is 14.3 Å². The molecule has 0 aliphatic carbocycles. The number of cyclic esters (lactones) is 1. The van der Waals surface area contributed by atoms with Crippen LogP contribution >= 0.6 is 11.3 Å². The van der Waals surface area contributed by atoms with Crippen molar-refractivity contribution in [1.82, 2.24) is 9.88 Å². The molecule has 112 valence electrons. The number of likely N-dealkylation sites (N-methyl/N-ethyl adjacent to an activating group) is 1. The molecule has 1 aromatic heterocycles. The maximum absolute atomic E-state index is 11.7. The van der Waals surface area contributed by atoms with E-state index in [2.05, 4.69) is 4.98 Å². The third kappa shape index (κ3) is 3.56. The molecule has 0 amide bonds. The van der Waals surface area contributed by atoms with Gasteiger partial charge >= 0.3 is 5.97 Å². The van der Waals surface area contributed by atoms with Gasteiger partial charge < -0.3 is 9.47 Å². The van der Waals surface area contributed by atoms with Crippen molar-refractivity contribution >= 4 is 17.3 Å². The van der Waals surface area contributed by atoms with Gasteiger partial charge in [-0.2, -0.15) is 0 Å². The number of esters is 1. The minimum atomic E-state index is -0.153. The quantitative estimate of drug-likeness (QED) is 0.755. The zero-order valence-corrected chi connectivity index (χ0v) is 13.3. The number of nitrogens with zero attached hydrogens (tertiary/aromatic N) is 2. The van der Waals surface area contributed by atoms with Crippen molar-refractivity contribution in [2.24, 2.45) is 0 Å². The molecule has 0 bridgehead atoms. The summed E-state index contributed by atoms with van der Waals surface area (Å²) < 4.78 is 10.7. The summed E-state index contributed by atoms with van der Waals surface area (Å²) in [4.78, 5) is 18.3. The van der Waals surface area contributed by atoms with Gasteiger partial charge in [-0.15, -0.1) is 11.3 Å². The lowest BCUT2D eigenvalue weighted by Crippen LogP contribution is -2.34. The lowest BCUT2D eigenvalue weighted by Gasteiger charge is -2.19. The van der Waals surface area contributed by atoms with Crippen LogP contribution in [0.5, 0.6) is 0 Å². The molecule has 0 spiro atoms. The number of carbonyl (C=O) groups is 1. The molecule has 1 aliphatic rings. The fraction of sp³-hybridized carbons (Fsp3) is 0.714. The van der Waals surface area contributed by atoms with E-state index in [1.165, 1.54) is 0 Å². The van der Waals surface area contributed by atoms with Crippen LogP contribution in [-0.4, -0.2) is 41.7 Å². The van der Waals surface area contributed by atoms with Crippen LogP contribution < -0.4 is 0 Å². The highest BCUT2D eigenvalue weighted by Crippen LogP contribution is 2.24. The van der Waals surface area contributed by atoms with E-state index in [0.717, 1.165) is 17.1 Å². The number of carbonyl (C=O) groups excluding carboxylic acids is 1. The Morgan fingerprint density at radius 1 is 1.65 bits per heavy atom. The second-order valence-corrected chi connectivity index (χ2v) is 6.08. The lowest BCUT2D eigenvalue weighted by molar-refractivity contribution is -0.144. The van der Waals surface area contributed by atoms with Crippen LogP contribution in [0.25, 0.3) is 0 Å². The van der Waals surface area contributed by atoms with Gasteiger partial charge in [0.1, 0.15) is 23.3 Å². The van der Waals surface area contributed by atoms with Gasteiger partial charge in [-0.25, -0.2) is 4.98 Å². The van der Waals surface area contributed by atoms with Crippen LogP contribution in [0, 0.1) is 0 Å². The maximum Gasteiger partial charge on any atom is 0.323 e. The van der Waals surface area contributed by atoms with Crippen molar-refractivity contribution in [3.8, 4) is 0 Å². The molecule has 6 heteroatoms. The van der Waals surface area contributed by atoms with E-state index in [4.69, 9.17) is 9.47 Å². The fourth-order valence-electron chi connectivity index (χ4n) is 2.36. The molecular weight excluding hydrogens is 276 g/mol. The second-order valence-electron chi connectivity index (χ2n) is 5.19. The van der Waals surface area contributed by atoms with Gasteiger partial charge in [-0.3, -0.25) is 9.69 Å². The summed E-state index contributed by atoms with van der Waals surface area (Å²) in [6.07, 6.45) is 0.793. The zero-order valence-electron chi connectivity index (χ0n) is 12.5. The van der Waals surface area contributed by atoms with Crippen LogP contribution in [0.15, 0.2) is 5.38 Å². The molecule has 1 aromatic rings. The number of rotatable bonds is 6. The average molecular weight is 298 g/mol. The van der Waals surface area contributed by atoms with Crippen molar-refractivity contribution in [3.05, 3.63) is 16.1 Å². The lowest BCUT2D eigenvalue weighted by atomic mass is 10.1. The maximum atomic E-state index is 11.7. The molecule has 2 heterocycles. The second kappa shape index (κ2) is 6.65. The van der Waals surface area contributed by atoms with Crippen molar-refractivity contribution in [2.45, 2.75) is 52.0 Å². The Hall–Kier alpha value is -0.980. The first-order chi connectivity index (χ1) is 9.51. The van der Waals surface area contributed by atoms with Gasteiger partial charge in [-0.1, -0.05) is 0 Å². The summed E-state index contributed by atoms with van der Waals surface area (Å²) in [5.41, 5.74) is 0.978. The molecule has 5 nitrogen and oxygen atoms in total. The number of hydrogen-bond acceptors (Lipinski definition) is 6. The van der Waals surface area contributed by atoms with Gasteiger partial charge in [0, 0.05) is 25.0 Å². The van der Waals surface area contributed by atoms with E-state index in [0.29, 0.717) is 13.2 Å². The van der Waals surface area contributed by atoms with E-state index in [1.807, 2.05) is 38.1 Å². The first-order valence-corrected chi connectivity index (χ1v) is 7.85. The predicted molar refractivity (Wildman–Crippen MR) is 77.6 cm³/mol. The predicted octanol–water partition coefficient (Wildman–Crippen LogP) is 2.38. The first kappa shape index (κ1) is 15.4. The molecule has 1 fully saturated rings. The summed E-state index contributed by atoms with van der Waals surface area (Å²) in [6.45, 7) is 7.25. The van der Waals surface area contributed by atoms with E-state index in [9.17, 15) is 4.79 Å². The van der Waals surface area contributed by atoms with E-state index in [-0.39, 0.29) is 24.2 Å². The third-order valence-electron chi connectivity index (χ3n) is 3.42. The zero-order chi connectivity index (χ0) is 14.7. The monoisotopic (exact) mass is 298 g/mol. The van der Waals surface area contributed by atoms with Crippen LogP contribution in [0.2, 0.25) is 0 Å². The molecule has 20 heavy (non-hydrogen) atoms. The Labute approximate surface area is 123 Å². The van der Waals surface area contributed by atoms with Crippen LogP contribution in [-0.2, 0) is 20.8 Å². The number of thiazole rings is 1. The number of ether oxygens (including phenoxy) is 2. The van der Waals surface area contributed by atoms with Gasteiger partial charge in [0.05, 0.1) is 5.69 Å². The smallest absolute Gasteiger partial charge is 0.323 e. The van der Waals surface area contributed by atoms with Crippen LogP contribution in [0.1, 0.15) is 44.0 Å². The Morgan fingerprint density at radius 2 is 2.40 bits per heavy atom. The molecular formula is C14H22N2O3S. The molecule has 3 atom stereocenters. The topological polar surface area (TPSA) is 51.7 Å². The highest BCUT2D eigenvalue weighted by molar-refractivity contribution is 7.09. The Bertz CT molecular complexity index is 463. The minimum Gasteiger partial charge on any atom is -0.461 e. The Morgan fingerprint density at radius 3 is 3.00 bits per heavy atom. The summed E-state index contributed by atoms with van der Waals surface area (Å²) in [7, 11) is 1.94. The van der Waals surface area contributed by atoms with E-state index >= 15 is 0 Å². The Balaban J connectivity index is 1.95. The minimum absolute atomic E-state index is 0.0129. The molecule has 0 radical (unpaired) electrons. The third-order valence-corrected chi connectivity index (χ3v) is 4.48. The highest BCUT2D eigenvalue weighted by Gasteiger charge is 2.34. The van der Waals surface area contributed by atoms with Crippen LogP contribution in [0.3, 0.4) is 0 Å². The summed E-state index contributed by atoms with van der Waals surface area (Å²) in [5.74, 6) is -0.127. The van der Waals surface area contributed by atoms with Crippen LogP contribution in [0.4, 0.5) is 0 Å². The molecule has 0 unspecified atom stereocenters. The normalized spacial score (nSPS) is 24.1. The molecule has 0 aromatic carbocycles. The van der Waals surface area contributed by atoms with E-state index < -0.39 is 0 Å². The Kier molecular flexibility index (Phi) is 5.12. The molecule has 0 N–H and O–H groups in total.